The monoisotopic (exact) mass is 299 g/mol. The van der Waals surface area contributed by atoms with E-state index in [1.165, 1.54) is 5.57 Å². The highest BCUT2D eigenvalue weighted by molar-refractivity contribution is 5.80. The third kappa shape index (κ3) is 8.61. The zero-order valence-electron chi connectivity index (χ0n) is 15.0. The van der Waals surface area contributed by atoms with Crippen LogP contribution in [0.4, 0.5) is 0 Å². The summed E-state index contributed by atoms with van der Waals surface area (Å²) in [6.45, 7) is 20.5. The van der Waals surface area contributed by atoms with Gasteiger partial charge in [0.1, 0.15) is 0 Å². The summed E-state index contributed by atoms with van der Waals surface area (Å²) in [6.07, 6.45) is 13.7. The third-order valence-corrected chi connectivity index (χ3v) is 3.45. The lowest BCUT2D eigenvalue weighted by Gasteiger charge is -2.18. The molecule has 0 aliphatic carbocycles. The fourth-order valence-electron chi connectivity index (χ4n) is 2.38. The summed E-state index contributed by atoms with van der Waals surface area (Å²) in [5.41, 5.74) is 4.50. The highest BCUT2D eigenvalue weighted by atomic mass is 14.8. The van der Waals surface area contributed by atoms with Crippen molar-refractivity contribution in [2.45, 2.75) is 59.8 Å². The van der Waals surface area contributed by atoms with Crippen LogP contribution in [0, 0.1) is 5.92 Å². The summed E-state index contributed by atoms with van der Waals surface area (Å²) in [4.78, 5) is 4.55. The molecule has 1 heteroatoms. The molecule has 0 fully saturated rings. The van der Waals surface area contributed by atoms with E-state index >= 15 is 0 Å². The van der Waals surface area contributed by atoms with Crippen molar-refractivity contribution in [3.63, 3.8) is 0 Å². The molecule has 0 aromatic heterocycles. The Morgan fingerprint density at radius 1 is 1.18 bits per heavy atom. The Morgan fingerprint density at radius 3 is 2.36 bits per heavy atom. The minimum absolute atomic E-state index is 0.182. The van der Waals surface area contributed by atoms with Crippen LogP contribution in [0.25, 0.3) is 0 Å². The van der Waals surface area contributed by atoms with E-state index in [-0.39, 0.29) is 5.92 Å². The SMILES string of the molecule is C=CCC/C(=C/C(=C)C(C/C=C\C)C(=C)N=C(C)C)CCC. The topological polar surface area (TPSA) is 12.4 Å². The lowest BCUT2D eigenvalue weighted by atomic mass is 9.90. The maximum Gasteiger partial charge on any atom is 0.0408 e. The summed E-state index contributed by atoms with van der Waals surface area (Å²) >= 11 is 0. The van der Waals surface area contributed by atoms with Gasteiger partial charge in [-0.05, 0) is 52.0 Å². The first-order valence-electron chi connectivity index (χ1n) is 8.27. The van der Waals surface area contributed by atoms with Gasteiger partial charge in [0.05, 0.1) is 0 Å². The summed E-state index contributed by atoms with van der Waals surface area (Å²) in [5.74, 6) is 0.182. The first-order chi connectivity index (χ1) is 10.5. The predicted octanol–water partition coefficient (Wildman–Crippen LogP) is 6.81. The molecule has 1 atom stereocenters. The highest BCUT2D eigenvalue weighted by Gasteiger charge is 2.14. The second-order valence-electron chi connectivity index (χ2n) is 5.86. The number of rotatable bonds is 11. The van der Waals surface area contributed by atoms with Crippen molar-refractivity contribution < 1.29 is 0 Å². The van der Waals surface area contributed by atoms with E-state index in [0.717, 1.165) is 49.1 Å². The number of allylic oxidation sites excluding steroid dienone is 6. The molecule has 0 saturated carbocycles. The quantitative estimate of drug-likeness (QED) is 0.226. The average molecular weight is 300 g/mol. The van der Waals surface area contributed by atoms with E-state index in [1.807, 2.05) is 26.8 Å². The molecular weight excluding hydrogens is 266 g/mol. The molecule has 0 aliphatic heterocycles. The van der Waals surface area contributed by atoms with Crippen molar-refractivity contribution in [1.82, 2.24) is 0 Å². The Kier molecular flexibility index (Phi) is 11.1. The first kappa shape index (κ1) is 20.4. The maximum absolute atomic E-state index is 4.55. The van der Waals surface area contributed by atoms with Crippen molar-refractivity contribution in [3.8, 4) is 0 Å². The molecule has 0 spiro atoms. The van der Waals surface area contributed by atoms with E-state index < -0.39 is 0 Å². The maximum atomic E-state index is 4.55. The molecule has 22 heavy (non-hydrogen) atoms. The van der Waals surface area contributed by atoms with Crippen LogP contribution in [0.1, 0.15) is 59.8 Å². The van der Waals surface area contributed by atoms with Gasteiger partial charge in [0.25, 0.3) is 0 Å². The van der Waals surface area contributed by atoms with E-state index in [1.54, 1.807) is 0 Å². The third-order valence-electron chi connectivity index (χ3n) is 3.45. The Hall–Kier alpha value is -1.63. The Morgan fingerprint density at radius 2 is 1.86 bits per heavy atom. The van der Waals surface area contributed by atoms with Gasteiger partial charge in [-0.25, -0.2) is 0 Å². The standard InChI is InChI=1S/C21H33N/c1-8-11-14-20(13-10-3)16-18(6)21(15-12-9-2)19(7)22-17(4)5/h8-9,12,16,21H,1,6-7,10-11,13-15H2,2-5H3/b12-9-,20-16+. The van der Waals surface area contributed by atoms with Crippen molar-refractivity contribution in [1.29, 1.82) is 0 Å². The molecule has 0 saturated heterocycles. The number of hydrogen-bond donors (Lipinski definition) is 0. The number of hydrogen-bond acceptors (Lipinski definition) is 1. The fraction of sp³-hybridized carbons (Fsp3) is 0.476. The summed E-state index contributed by atoms with van der Waals surface area (Å²) < 4.78 is 0. The second-order valence-corrected chi connectivity index (χ2v) is 5.86. The van der Waals surface area contributed by atoms with Crippen LogP contribution >= 0.6 is 0 Å². The minimum atomic E-state index is 0.182. The molecule has 0 aromatic carbocycles. The zero-order valence-corrected chi connectivity index (χ0v) is 15.0. The van der Waals surface area contributed by atoms with Crippen LogP contribution < -0.4 is 0 Å². The van der Waals surface area contributed by atoms with Crippen LogP contribution in [0.2, 0.25) is 0 Å². The molecule has 0 heterocycles. The molecule has 1 nitrogen and oxygen atoms in total. The van der Waals surface area contributed by atoms with E-state index in [4.69, 9.17) is 0 Å². The summed E-state index contributed by atoms with van der Waals surface area (Å²) in [6, 6.07) is 0. The zero-order chi connectivity index (χ0) is 17.0. The number of nitrogens with zero attached hydrogens (tertiary/aromatic N) is 1. The Labute approximate surface area is 137 Å². The van der Waals surface area contributed by atoms with E-state index in [2.05, 4.69) is 49.9 Å². The Bertz CT molecular complexity index is 456. The van der Waals surface area contributed by atoms with Crippen LogP contribution in [-0.2, 0) is 0 Å². The molecule has 0 N–H and O–H groups in total. The summed E-state index contributed by atoms with van der Waals surface area (Å²) in [5, 5.41) is 0. The van der Waals surface area contributed by atoms with Crippen LogP contribution in [0.15, 0.2) is 65.9 Å². The average Bonchev–Trinajstić information content (AvgIpc) is 2.44. The fourth-order valence-corrected chi connectivity index (χ4v) is 2.38. The van der Waals surface area contributed by atoms with Crippen molar-refractivity contribution in [3.05, 3.63) is 60.9 Å². The van der Waals surface area contributed by atoms with Gasteiger partial charge in [-0.3, -0.25) is 4.99 Å². The molecule has 122 valence electrons. The van der Waals surface area contributed by atoms with Crippen molar-refractivity contribution in [2.24, 2.45) is 10.9 Å². The normalized spacial score (nSPS) is 13.0. The van der Waals surface area contributed by atoms with Gasteiger partial charge in [-0.2, -0.15) is 0 Å². The van der Waals surface area contributed by atoms with Crippen LogP contribution in [0.3, 0.4) is 0 Å². The van der Waals surface area contributed by atoms with Gasteiger partial charge in [0, 0.05) is 17.3 Å². The van der Waals surface area contributed by atoms with Crippen molar-refractivity contribution in [2.75, 3.05) is 0 Å². The van der Waals surface area contributed by atoms with Crippen molar-refractivity contribution >= 4 is 5.71 Å². The van der Waals surface area contributed by atoms with Gasteiger partial charge >= 0.3 is 0 Å². The van der Waals surface area contributed by atoms with Gasteiger partial charge in [0.15, 0.2) is 0 Å². The number of aliphatic imine (C=N–C) groups is 1. The minimum Gasteiger partial charge on any atom is -0.263 e. The lowest BCUT2D eigenvalue weighted by molar-refractivity contribution is 0.731. The molecule has 0 aromatic rings. The van der Waals surface area contributed by atoms with Gasteiger partial charge in [-0.15, -0.1) is 6.58 Å². The second kappa shape index (κ2) is 12.0. The van der Waals surface area contributed by atoms with Gasteiger partial charge in [-0.1, -0.05) is 56.4 Å². The molecule has 0 radical (unpaired) electrons. The molecule has 1 unspecified atom stereocenters. The smallest absolute Gasteiger partial charge is 0.0408 e. The molecule has 0 amide bonds. The summed E-state index contributed by atoms with van der Waals surface area (Å²) in [7, 11) is 0. The van der Waals surface area contributed by atoms with Crippen LogP contribution in [0.5, 0.6) is 0 Å². The van der Waals surface area contributed by atoms with Gasteiger partial charge in [0.2, 0.25) is 0 Å². The molecule has 0 rings (SSSR count). The largest absolute Gasteiger partial charge is 0.263 e. The van der Waals surface area contributed by atoms with Crippen LogP contribution in [-0.4, -0.2) is 5.71 Å². The Balaban J connectivity index is 5.25. The highest BCUT2D eigenvalue weighted by Crippen LogP contribution is 2.27. The molecule has 0 aliphatic rings. The van der Waals surface area contributed by atoms with Gasteiger partial charge < -0.3 is 0 Å². The van der Waals surface area contributed by atoms with E-state index in [0.29, 0.717) is 0 Å². The first-order valence-corrected chi connectivity index (χ1v) is 8.27. The lowest BCUT2D eigenvalue weighted by Crippen LogP contribution is -2.05. The molecule has 0 bridgehead atoms. The predicted molar refractivity (Wildman–Crippen MR) is 102 cm³/mol. The van der Waals surface area contributed by atoms with E-state index in [9.17, 15) is 0 Å². The molecular formula is C21H33N.